The summed E-state index contributed by atoms with van der Waals surface area (Å²) in [6.07, 6.45) is 19.6. The zero-order valence-electron chi connectivity index (χ0n) is 38.2. The van der Waals surface area contributed by atoms with Crippen LogP contribution >= 0.6 is 0 Å². The maximum atomic E-state index is 12.3. The van der Waals surface area contributed by atoms with Gasteiger partial charge in [0, 0.05) is 13.0 Å². The molecule has 0 aromatic rings. The van der Waals surface area contributed by atoms with Gasteiger partial charge in [0.05, 0.1) is 26.4 Å². The van der Waals surface area contributed by atoms with Crippen LogP contribution in [0, 0.1) is 0 Å². The molecular formula is C47H90O14. The van der Waals surface area contributed by atoms with Crippen LogP contribution in [0.2, 0.25) is 0 Å². The highest BCUT2D eigenvalue weighted by Gasteiger charge is 2.47. The van der Waals surface area contributed by atoms with E-state index in [1.54, 1.807) is 0 Å². The minimum absolute atomic E-state index is 0.0620. The highest BCUT2D eigenvalue weighted by atomic mass is 16.7. The summed E-state index contributed by atoms with van der Waals surface area (Å²) in [7, 11) is 0. The normalized spacial score (nSPS) is 27.4. The standard InChI is InChI=1S/C47H90O14/c1-3-5-6-7-8-9-10-11-12-13-14-15-16-17-18-19-20-21-22-23-24-25-26-27-28-29-31-56-33-36(59-39(49)30-4-2)34-57-46-45(55)43(53)41(51)38(61-46)35-58-47-44(54)42(52)40(50)37(32-48)60-47/h36-38,40-48,50-55H,3-35H2,1-2H3. The number of rotatable bonds is 39. The van der Waals surface area contributed by atoms with Crippen molar-refractivity contribution in [1.82, 2.24) is 0 Å². The third-order valence-electron chi connectivity index (χ3n) is 12.1. The first-order chi connectivity index (χ1) is 29.6. The van der Waals surface area contributed by atoms with Crippen molar-refractivity contribution in [2.24, 2.45) is 0 Å². The van der Waals surface area contributed by atoms with E-state index in [4.69, 9.17) is 28.4 Å². The van der Waals surface area contributed by atoms with Gasteiger partial charge in [-0.05, 0) is 12.8 Å². The van der Waals surface area contributed by atoms with Crippen molar-refractivity contribution in [1.29, 1.82) is 0 Å². The number of unbranched alkanes of at least 4 members (excludes halogenated alkanes) is 25. The third-order valence-corrected chi connectivity index (χ3v) is 12.1. The maximum Gasteiger partial charge on any atom is 0.306 e. The smallest absolute Gasteiger partial charge is 0.306 e. The van der Waals surface area contributed by atoms with E-state index >= 15 is 0 Å². The highest BCUT2D eigenvalue weighted by molar-refractivity contribution is 5.69. The van der Waals surface area contributed by atoms with Crippen LogP contribution in [0.3, 0.4) is 0 Å². The van der Waals surface area contributed by atoms with Gasteiger partial charge in [-0.2, -0.15) is 0 Å². The zero-order valence-corrected chi connectivity index (χ0v) is 38.2. The molecule has 2 aliphatic heterocycles. The van der Waals surface area contributed by atoms with Crippen LogP contribution in [-0.4, -0.2) is 142 Å². The molecule has 2 heterocycles. The number of aliphatic hydroxyl groups excluding tert-OH is 7. The van der Waals surface area contributed by atoms with Gasteiger partial charge in [0.2, 0.25) is 0 Å². The van der Waals surface area contributed by atoms with Crippen molar-refractivity contribution in [3.63, 3.8) is 0 Å². The highest BCUT2D eigenvalue weighted by Crippen LogP contribution is 2.26. The summed E-state index contributed by atoms with van der Waals surface area (Å²) in [5.41, 5.74) is 0. The minimum Gasteiger partial charge on any atom is -0.457 e. The molecule has 7 N–H and O–H groups in total. The van der Waals surface area contributed by atoms with Gasteiger partial charge in [-0.25, -0.2) is 0 Å². The molecule has 11 atom stereocenters. The van der Waals surface area contributed by atoms with Crippen molar-refractivity contribution in [2.75, 3.05) is 33.0 Å². The first-order valence-corrected chi connectivity index (χ1v) is 24.6. The van der Waals surface area contributed by atoms with Crippen LogP contribution < -0.4 is 0 Å². The predicted octanol–water partition coefficient (Wildman–Crippen LogP) is 6.52. The van der Waals surface area contributed by atoms with Crippen molar-refractivity contribution < 1.29 is 69.0 Å². The number of carbonyl (C=O) groups is 1. The fourth-order valence-corrected chi connectivity index (χ4v) is 8.09. The Morgan fingerprint density at radius 3 is 1.30 bits per heavy atom. The summed E-state index contributed by atoms with van der Waals surface area (Å²) < 4.78 is 33.6. The molecule has 0 amide bonds. The Labute approximate surface area is 368 Å². The van der Waals surface area contributed by atoms with Crippen molar-refractivity contribution in [3.05, 3.63) is 0 Å². The second-order valence-corrected chi connectivity index (χ2v) is 17.7. The fraction of sp³-hybridized carbons (Fsp3) is 0.979. The van der Waals surface area contributed by atoms with E-state index in [1.807, 2.05) is 6.92 Å². The third kappa shape index (κ3) is 24.7. The number of ether oxygens (including phenoxy) is 6. The average Bonchev–Trinajstić information content (AvgIpc) is 3.25. The summed E-state index contributed by atoms with van der Waals surface area (Å²) in [6.45, 7) is 3.34. The lowest BCUT2D eigenvalue weighted by atomic mass is 9.98. The molecule has 61 heavy (non-hydrogen) atoms. The van der Waals surface area contributed by atoms with E-state index in [9.17, 15) is 40.5 Å². The summed E-state index contributed by atoms with van der Waals surface area (Å²) >= 11 is 0. The maximum absolute atomic E-state index is 12.3. The van der Waals surface area contributed by atoms with Gasteiger partial charge in [-0.1, -0.05) is 174 Å². The van der Waals surface area contributed by atoms with Crippen LogP contribution in [0.5, 0.6) is 0 Å². The van der Waals surface area contributed by atoms with E-state index < -0.39 is 86.7 Å². The van der Waals surface area contributed by atoms with E-state index in [2.05, 4.69) is 6.92 Å². The summed E-state index contributed by atoms with van der Waals surface area (Å²) in [5.74, 6) is -0.425. The molecule has 0 radical (unpaired) electrons. The molecule has 2 fully saturated rings. The topological polar surface area (TPSA) is 214 Å². The number of hydrogen-bond donors (Lipinski definition) is 7. The first-order valence-electron chi connectivity index (χ1n) is 24.6. The number of esters is 1. The van der Waals surface area contributed by atoms with Crippen LogP contribution in [-0.2, 0) is 33.2 Å². The van der Waals surface area contributed by atoms with Crippen LogP contribution in [0.4, 0.5) is 0 Å². The molecule has 0 saturated carbocycles. The Morgan fingerprint density at radius 1 is 0.475 bits per heavy atom. The lowest BCUT2D eigenvalue weighted by Gasteiger charge is -2.42. The van der Waals surface area contributed by atoms with Gasteiger partial charge < -0.3 is 64.2 Å². The fourth-order valence-electron chi connectivity index (χ4n) is 8.09. The molecule has 362 valence electrons. The van der Waals surface area contributed by atoms with Crippen molar-refractivity contribution in [3.8, 4) is 0 Å². The van der Waals surface area contributed by atoms with E-state index in [0.29, 0.717) is 13.0 Å². The van der Waals surface area contributed by atoms with E-state index in [1.165, 1.54) is 148 Å². The van der Waals surface area contributed by atoms with Crippen LogP contribution in [0.1, 0.15) is 194 Å². The lowest BCUT2D eigenvalue weighted by molar-refractivity contribution is -0.332. The summed E-state index contributed by atoms with van der Waals surface area (Å²) in [4.78, 5) is 12.3. The molecule has 0 aromatic carbocycles. The van der Waals surface area contributed by atoms with Crippen molar-refractivity contribution >= 4 is 5.97 Å². The molecule has 0 aromatic heterocycles. The minimum atomic E-state index is -1.70. The van der Waals surface area contributed by atoms with E-state index in [0.717, 1.165) is 19.3 Å². The molecule has 0 spiro atoms. The van der Waals surface area contributed by atoms with Crippen molar-refractivity contribution in [2.45, 2.75) is 261 Å². The SMILES string of the molecule is CCCCCCCCCCCCCCCCCCCCCCCCCCCCOCC(COC1OC(COC2OC(CO)C(O)C(O)C2O)C(O)C(O)C1O)OC(=O)CCC. The number of aliphatic hydroxyl groups is 7. The van der Waals surface area contributed by atoms with Crippen LogP contribution in [0.25, 0.3) is 0 Å². The van der Waals surface area contributed by atoms with Gasteiger partial charge in [-0.3, -0.25) is 4.79 Å². The number of hydrogen-bond acceptors (Lipinski definition) is 14. The van der Waals surface area contributed by atoms with Gasteiger partial charge in [0.1, 0.15) is 54.9 Å². The molecule has 0 aliphatic carbocycles. The Kier molecular flexibility index (Phi) is 33.3. The first kappa shape index (κ1) is 56.1. The second-order valence-electron chi connectivity index (χ2n) is 17.7. The van der Waals surface area contributed by atoms with Gasteiger partial charge >= 0.3 is 5.97 Å². The second kappa shape index (κ2) is 36.2. The lowest BCUT2D eigenvalue weighted by Crippen LogP contribution is -2.61. The molecule has 0 bridgehead atoms. The molecule has 14 nitrogen and oxygen atoms in total. The van der Waals surface area contributed by atoms with Gasteiger partial charge in [-0.15, -0.1) is 0 Å². The molecule has 11 unspecified atom stereocenters. The predicted molar refractivity (Wildman–Crippen MR) is 234 cm³/mol. The molecule has 14 heteroatoms. The Morgan fingerprint density at radius 2 is 0.869 bits per heavy atom. The van der Waals surface area contributed by atoms with Gasteiger partial charge in [0.25, 0.3) is 0 Å². The molecule has 2 saturated heterocycles. The summed E-state index contributed by atoms with van der Waals surface area (Å²) in [6, 6.07) is 0. The average molecular weight is 879 g/mol. The molecular weight excluding hydrogens is 789 g/mol. The van der Waals surface area contributed by atoms with E-state index in [-0.39, 0.29) is 19.6 Å². The quantitative estimate of drug-likeness (QED) is 0.0259. The van der Waals surface area contributed by atoms with Crippen LogP contribution in [0.15, 0.2) is 0 Å². The Hall–Kier alpha value is -1.01. The Balaban J connectivity index is 1.50. The Bertz CT molecular complexity index is 1020. The number of carbonyl (C=O) groups excluding carboxylic acids is 1. The summed E-state index contributed by atoms with van der Waals surface area (Å²) in [5, 5.41) is 71.4. The monoisotopic (exact) mass is 879 g/mol. The largest absolute Gasteiger partial charge is 0.457 e. The zero-order chi connectivity index (χ0) is 44.5. The molecule has 2 aliphatic rings. The molecule has 2 rings (SSSR count). The van der Waals surface area contributed by atoms with Gasteiger partial charge in [0.15, 0.2) is 12.6 Å².